The quantitative estimate of drug-likeness (QED) is 0.875. The van der Waals surface area contributed by atoms with E-state index in [-0.39, 0.29) is 17.3 Å². The minimum Gasteiger partial charge on any atom is -0.396 e. The molecule has 3 nitrogen and oxygen atoms in total. The summed E-state index contributed by atoms with van der Waals surface area (Å²) in [6, 6.07) is 10.4. The molecule has 0 aliphatic carbocycles. The highest BCUT2D eigenvalue weighted by molar-refractivity contribution is 8.00. The van der Waals surface area contributed by atoms with Crippen molar-refractivity contribution < 1.29 is 10.2 Å². The summed E-state index contributed by atoms with van der Waals surface area (Å²) in [6.07, 6.45) is 1.85. The molecule has 0 spiro atoms. The fourth-order valence-corrected chi connectivity index (χ4v) is 5.59. The SMILES string of the molecule is C[C@H](CO)[C@@H](O)[C@@]1(Sc2ccccc2)CN2CCC1CC2. The van der Waals surface area contributed by atoms with Gasteiger partial charge in [0.25, 0.3) is 0 Å². The molecule has 3 fully saturated rings. The Labute approximate surface area is 131 Å². The molecular formula is C17H25NO2S. The molecule has 2 bridgehead atoms. The molecule has 3 saturated heterocycles. The van der Waals surface area contributed by atoms with Gasteiger partial charge in [-0.25, -0.2) is 0 Å². The lowest BCUT2D eigenvalue weighted by atomic mass is 9.72. The summed E-state index contributed by atoms with van der Waals surface area (Å²) >= 11 is 1.82. The maximum Gasteiger partial charge on any atom is 0.0752 e. The smallest absolute Gasteiger partial charge is 0.0752 e. The molecule has 4 heteroatoms. The van der Waals surface area contributed by atoms with Crippen LogP contribution >= 0.6 is 11.8 Å². The number of fused-ring (bicyclic) bond motifs is 3. The normalized spacial score (nSPS) is 34.6. The Balaban J connectivity index is 1.91. The minimum atomic E-state index is -0.471. The van der Waals surface area contributed by atoms with E-state index in [4.69, 9.17) is 0 Å². The Morgan fingerprint density at radius 1 is 1.29 bits per heavy atom. The van der Waals surface area contributed by atoms with Gasteiger partial charge in [0, 0.05) is 24.0 Å². The van der Waals surface area contributed by atoms with Gasteiger partial charge in [-0.05, 0) is 44.0 Å². The van der Waals surface area contributed by atoms with Gasteiger partial charge in [-0.3, -0.25) is 0 Å². The van der Waals surface area contributed by atoms with Gasteiger partial charge in [0.05, 0.1) is 10.9 Å². The van der Waals surface area contributed by atoms with Gasteiger partial charge < -0.3 is 15.1 Å². The monoisotopic (exact) mass is 307 g/mol. The Bertz CT molecular complexity index is 461. The minimum absolute atomic E-state index is 0.0466. The van der Waals surface area contributed by atoms with Gasteiger partial charge in [0.15, 0.2) is 0 Å². The first-order valence-electron chi connectivity index (χ1n) is 7.91. The van der Waals surface area contributed by atoms with Crippen molar-refractivity contribution in [2.75, 3.05) is 26.2 Å². The molecule has 21 heavy (non-hydrogen) atoms. The van der Waals surface area contributed by atoms with Crippen LogP contribution < -0.4 is 0 Å². The van der Waals surface area contributed by atoms with E-state index < -0.39 is 6.10 Å². The van der Waals surface area contributed by atoms with Crippen LogP contribution in [-0.2, 0) is 0 Å². The zero-order valence-corrected chi connectivity index (χ0v) is 13.4. The Kier molecular flexibility index (Phi) is 4.60. The lowest BCUT2D eigenvalue weighted by Gasteiger charge is -2.55. The second-order valence-electron chi connectivity index (χ2n) is 6.53. The van der Waals surface area contributed by atoms with Crippen LogP contribution in [0.2, 0.25) is 0 Å². The molecule has 3 aliphatic heterocycles. The topological polar surface area (TPSA) is 43.7 Å². The van der Waals surface area contributed by atoms with Crippen LogP contribution in [0.5, 0.6) is 0 Å². The first kappa shape index (κ1) is 15.3. The standard InChI is InChI=1S/C17H25NO2S/c1-13(11-19)16(20)17(21-15-5-3-2-4-6-15)12-18-9-7-14(17)8-10-18/h2-6,13-14,16,19-20H,7-12H2,1H3/t13-,16-,17-/m1/s1. The molecule has 4 rings (SSSR count). The summed E-state index contributed by atoms with van der Waals surface area (Å²) in [5.74, 6) is 0.457. The van der Waals surface area contributed by atoms with E-state index in [0.717, 1.165) is 32.5 Å². The summed E-state index contributed by atoms with van der Waals surface area (Å²) in [4.78, 5) is 3.69. The number of thioether (sulfide) groups is 1. The number of benzene rings is 1. The summed E-state index contributed by atoms with van der Waals surface area (Å²) in [5, 5.41) is 20.5. The van der Waals surface area contributed by atoms with Crippen molar-refractivity contribution in [3.8, 4) is 0 Å². The summed E-state index contributed by atoms with van der Waals surface area (Å²) in [7, 11) is 0. The van der Waals surface area contributed by atoms with Crippen LogP contribution in [0.3, 0.4) is 0 Å². The van der Waals surface area contributed by atoms with Gasteiger partial charge in [0.2, 0.25) is 0 Å². The molecule has 0 aromatic heterocycles. The molecule has 3 atom stereocenters. The fraction of sp³-hybridized carbons (Fsp3) is 0.647. The van der Waals surface area contributed by atoms with E-state index in [1.165, 1.54) is 4.90 Å². The van der Waals surface area contributed by atoms with Crippen molar-refractivity contribution in [3.05, 3.63) is 30.3 Å². The molecule has 0 amide bonds. The Morgan fingerprint density at radius 3 is 2.48 bits per heavy atom. The van der Waals surface area contributed by atoms with Crippen molar-refractivity contribution in [2.24, 2.45) is 11.8 Å². The van der Waals surface area contributed by atoms with E-state index in [0.29, 0.717) is 5.92 Å². The average Bonchev–Trinajstić information content (AvgIpc) is 2.55. The van der Waals surface area contributed by atoms with Crippen LogP contribution in [-0.4, -0.2) is 52.2 Å². The maximum atomic E-state index is 11.0. The van der Waals surface area contributed by atoms with Crippen LogP contribution in [0.4, 0.5) is 0 Å². The summed E-state index contributed by atoms with van der Waals surface area (Å²) in [6.45, 7) is 5.24. The van der Waals surface area contributed by atoms with Crippen LogP contribution in [0.1, 0.15) is 19.8 Å². The number of aliphatic hydroxyl groups is 2. The van der Waals surface area contributed by atoms with E-state index in [1.54, 1.807) is 0 Å². The fourth-order valence-electron chi connectivity index (χ4n) is 3.86. The van der Waals surface area contributed by atoms with E-state index in [2.05, 4.69) is 29.2 Å². The third-order valence-corrected chi connectivity index (χ3v) is 6.72. The summed E-state index contributed by atoms with van der Waals surface area (Å²) in [5.41, 5.74) is 0. The number of hydrogen-bond donors (Lipinski definition) is 2. The molecule has 1 aromatic rings. The second kappa shape index (κ2) is 6.29. The first-order chi connectivity index (χ1) is 10.2. The lowest BCUT2D eigenvalue weighted by molar-refractivity contribution is -0.0341. The number of hydrogen-bond acceptors (Lipinski definition) is 4. The van der Waals surface area contributed by atoms with Crippen LogP contribution in [0, 0.1) is 11.8 Å². The first-order valence-corrected chi connectivity index (χ1v) is 8.72. The molecule has 116 valence electrons. The highest BCUT2D eigenvalue weighted by Crippen LogP contribution is 2.51. The van der Waals surface area contributed by atoms with Crippen molar-refractivity contribution in [1.29, 1.82) is 0 Å². The van der Waals surface area contributed by atoms with E-state index in [1.807, 2.05) is 24.8 Å². The number of aliphatic hydroxyl groups excluding tert-OH is 2. The van der Waals surface area contributed by atoms with Crippen molar-refractivity contribution >= 4 is 11.8 Å². The number of piperidine rings is 3. The lowest BCUT2D eigenvalue weighted by Crippen LogP contribution is -2.63. The van der Waals surface area contributed by atoms with Gasteiger partial charge in [-0.2, -0.15) is 0 Å². The van der Waals surface area contributed by atoms with Gasteiger partial charge in [-0.15, -0.1) is 11.8 Å². The molecular weight excluding hydrogens is 282 g/mol. The van der Waals surface area contributed by atoms with Gasteiger partial charge in [-0.1, -0.05) is 25.1 Å². The second-order valence-corrected chi connectivity index (χ2v) is 7.96. The predicted molar refractivity (Wildman–Crippen MR) is 86.5 cm³/mol. The van der Waals surface area contributed by atoms with Crippen molar-refractivity contribution in [3.63, 3.8) is 0 Å². The van der Waals surface area contributed by atoms with Crippen LogP contribution in [0.25, 0.3) is 0 Å². The Hall–Kier alpha value is -0.550. The van der Waals surface area contributed by atoms with Crippen molar-refractivity contribution in [1.82, 2.24) is 4.90 Å². The largest absolute Gasteiger partial charge is 0.396 e. The molecule has 0 radical (unpaired) electrons. The maximum absolute atomic E-state index is 11.0. The van der Waals surface area contributed by atoms with E-state index in [9.17, 15) is 10.2 Å². The molecule has 0 unspecified atom stereocenters. The van der Waals surface area contributed by atoms with Crippen LogP contribution in [0.15, 0.2) is 35.2 Å². The number of rotatable bonds is 5. The zero-order valence-electron chi connectivity index (χ0n) is 12.6. The molecule has 0 saturated carbocycles. The Morgan fingerprint density at radius 2 is 1.95 bits per heavy atom. The molecule has 3 heterocycles. The van der Waals surface area contributed by atoms with Gasteiger partial charge in [0.1, 0.15) is 0 Å². The molecule has 2 N–H and O–H groups in total. The molecule has 3 aliphatic rings. The highest BCUT2D eigenvalue weighted by Gasteiger charge is 2.53. The predicted octanol–water partition coefficient (Wildman–Crippen LogP) is 2.23. The van der Waals surface area contributed by atoms with Crippen molar-refractivity contribution in [2.45, 2.75) is 35.5 Å². The molecule has 1 aromatic carbocycles. The van der Waals surface area contributed by atoms with E-state index >= 15 is 0 Å². The highest BCUT2D eigenvalue weighted by atomic mass is 32.2. The third kappa shape index (κ3) is 2.87. The number of nitrogens with zero attached hydrogens (tertiary/aromatic N) is 1. The third-order valence-electron chi connectivity index (χ3n) is 5.13. The summed E-state index contributed by atoms with van der Waals surface area (Å²) < 4.78 is -0.181. The average molecular weight is 307 g/mol. The zero-order chi connectivity index (χ0) is 14.9. The van der Waals surface area contributed by atoms with Gasteiger partial charge >= 0.3 is 0 Å².